The number of H-pyrrole nitrogens is 1. The van der Waals surface area contributed by atoms with Gasteiger partial charge in [0.05, 0.1) is 27.4 Å². The monoisotopic (exact) mass is 766 g/mol. The molecule has 11 nitrogen and oxygen atoms in total. The Labute approximate surface area is 291 Å². The quantitative estimate of drug-likeness (QED) is 0.231. The topological polar surface area (TPSA) is 169 Å². The number of hydrogen-bond acceptors (Lipinski definition) is 9. The molecule has 2 aliphatic heterocycles. The molecule has 3 fully saturated rings. The van der Waals surface area contributed by atoms with Gasteiger partial charge in [0.25, 0.3) is 5.91 Å². The van der Waals surface area contributed by atoms with E-state index in [0.717, 1.165) is 26.4 Å². The molecule has 0 spiro atoms. The van der Waals surface area contributed by atoms with Crippen molar-refractivity contribution in [1.82, 2.24) is 4.98 Å². The number of aromatic amines is 1. The van der Waals surface area contributed by atoms with Gasteiger partial charge in [-0.1, -0.05) is 39.4 Å². The number of carbonyl (C=O) groups excluding carboxylic acids is 3. The highest BCUT2D eigenvalue weighted by Gasteiger charge is 2.69. The highest BCUT2D eigenvalue weighted by atomic mass is 79.9. The number of hydrogen-bond donors (Lipinski definition) is 3. The second-order valence-corrected chi connectivity index (χ2v) is 17.1. The van der Waals surface area contributed by atoms with E-state index in [4.69, 9.17) is 9.88 Å². The largest absolute Gasteiger partial charge is 0.484 e. The van der Waals surface area contributed by atoms with Gasteiger partial charge in [-0.2, -0.15) is 0 Å². The van der Waals surface area contributed by atoms with Crippen molar-refractivity contribution in [2.75, 3.05) is 16.8 Å². The van der Waals surface area contributed by atoms with E-state index in [-0.39, 0.29) is 57.1 Å². The maximum atomic E-state index is 14.0. The van der Waals surface area contributed by atoms with Crippen molar-refractivity contribution in [2.45, 2.75) is 27.5 Å². The summed E-state index contributed by atoms with van der Waals surface area (Å²) in [4.78, 5) is 58.2. The number of halogens is 1. The molecule has 3 aromatic carbocycles. The minimum absolute atomic E-state index is 0.00638. The maximum Gasteiger partial charge on any atom is 0.305 e. The number of primary sulfonamides is 1. The van der Waals surface area contributed by atoms with Gasteiger partial charge in [-0.05, 0) is 90.4 Å². The summed E-state index contributed by atoms with van der Waals surface area (Å²) in [5, 5.41) is 8.66. The summed E-state index contributed by atoms with van der Waals surface area (Å²) in [7, 11) is -3.85. The van der Waals surface area contributed by atoms with Crippen LogP contribution in [0.3, 0.4) is 0 Å². The summed E-state index contributed by atoms with van der Waals surface area (Å²) in [6.45, 7) is -0.299. The molecule has 1 aromatic heterocycles. The number of nitrogens with two attached hydrogens (primary N) is 1. The summed E-state index contributed by atoms with van der Waals surface area (Å²) in [6, 6.07) is 20.2. The number of anilines is 2. The summed E-state index contributed by atoms with van der Waals surface area (Å²) < 4.78 is 29.8. The van der Waals surface area contributed by atoms with Crippen LogP contribution in [0, 0.1) is 29.6 Å². The molecular weight excluding hydrogens is 740 g/mol. The molecule has 4 N–H and O–H groups in total. The van der Waals surface area contributed by atoms with Gasteiger partial charge < -0.3 is 15.0 Å². The van der Waals surface area contributed by atoms with E-state index in [1.807, 2.05) is 30.3 Å². The Morgan fingerprint density at radius 1 is 1.00 bits per heavy atom. The Bertz CT molecular complexity index is 2150. The van der Waals surface area contributed by atoms with Crippen molar-refractivity contribution in [3.63, 3.8) is 0 Å². The molecule has 246 valence electrons. The van der Waals surface area contributed by atoms with Gasteiger partial charge in [0, 0.05) is 26.2 Å². The van der Waals surface area contributed by atoms with E-state index < -0.39 is 27.8 Å². The molecule has 3 amide bonds. The van der Waals surface area contributed by atoms with Gasteiger partial charge in [-0.25, -0.2) is 13.6 Å². The molecule has 4 aromatic rings. The second kappa shape index (κ2) is 11.7. The first-order chi connectivity index (χ1) is 23.0. The molecule has 4 aliphatic rings. The zero-order valence-electron chi connectivity index (χ0n) is 24.9. The van der Waals surface area contributed by atoms with Crippen LogP contribution in [0.25, 0.3) is 0 Å². The number of nitrogens with one attached hydrogen (secondary N) is 2. The first-order valence-electron chi connectivity index (χ1n) is 15.2. The Balaban J connectivity index is 1.05. The molecule has 3 heterocycles. The number of nitrogens with zero attached hydrogens (tertiary/aromatic N) is 1. The van der Waals surface area contributed by atoms with Crippen LogP contribution >= 0.6 is 39.0 Å². The molecule has 7 atom stereocenters. The zero-order chi connectivity index (χ0) is 33.5. The fourth-order valence-electron chi connectivity index (χ4n) is 8.11. The van der Waals surface area contributed by atoms with Crippen LogP contribution in [0.5, 0.6) is 5.75 Å². The van der Waals surface area contributed by atoms with E-state index >= 15 is 0 Å². The second-order valence-electron chi connectivity index (χ2n) is 12.4. The lowest BCUT2D eigenvalue weighted by atomic mass is 9.68. The summed E-state index contributed by atoms with van der Waals surface area (Å²) in [6.07, 6.45) is 0.771. The average Bonchev–Trinajstić information content (AvgIpc) is 3.79. The van der Waals surface area contributed by atoms with E-state index in [9.17, 15) is 27.6 Å². The van der Waals surface area contributed by atoms with Crippen LogP contribution < -0.4 is 25.0 Å². The number of rotatable bonds is 7. The predicted octanol–water partition coefficient (Wildman–Crippen LogP) is 4.54. The molecule has 8 rings (SSSR count). The van der Waals surface area contributed by atoms with Gasteiger partial charge in [0.1, 0.15) is 5.75 Å². The summed E-state index contributed by atoms with van der Waals surface area (Å²) in [5.74, 6) is -1.33. The minimum Gasteiger partial charge on any atom is -0.484 e. The van der Waals surface area contributed by atoms with E-state index in [0.29, 0.717) is 17.1 Å². The highest BCUT2D eigenvalue weighted by Crippen LogP contribution is 2.68. The van der Waals surface area contributed by atoms with Crippen molar-refractivity contribution >= 4 is 78.1 Å². The van der Waals surface area contributed by atoms with Gasteiger partial charge in [0.15, 0.2) is 6.61 Å². The van der Waals surface area contributed by atoms with E-state index in [2.05, 4.69) is 26.2 Å². The molecule has 2 saturated carbocycles. The molecule has 0 radical (unpaired) electrons. The van der Waals surface area contributed by atoms with Crippen molar-refractivity contribution in [3.05, 3.63) is 97.4 Å². The lowest BCUT2D eigenvalue weighted by Gasteiger charge is -2.43. The summed E-state index contributed by atoms with van der Waals surface area (Å²) in [5.41, 5.74) is 1.87. The average molecular weight is 768 g/mol. The Morgan fingerprint density at radius 3 is 2.42 bits per heavy atom. The normalized spacial score (nSPS) is 27.0. The number of sulfonamides is 1. The fourth-order valence-corrected chi connectivity index (χ4v) is 11.8. The first-order valence-corrected chi connectivity index (χ1v) is 19.2. The molecular formula is C33H27BrN4O7S3. The van der Waals surface area contributed by atoms with Crippen LogP contribution in [0.15, 0.2) is 92.0 Å². The lowest BCUT2D eigenvalue weighted by Crippen LogP contribution is -2.42. The third kappa shape index (κ3) is 5.23. The SMILES string of the molecule is NS(=O)(=O)c1ccc(NC(=O)COc2cccc([C@@H]3c4sc(=O)[nH]c4S[C@@H]4[C@@H]5C[C@@H]([C@@H]6C(=O)N(c7ccc(Br)cc7)C(=O)[C@@H]56)[C@H]34)c2)cc1. The number of thiazole rings is 1. The predicted molar refractivity (Wildman–Crippen MR) is 184 cm³/mol. The van der Waals surface area contributed by atoms with Gasteiger partial charge >= 0.3 is 4.87 Å². The number of thioether (sulfide) groups is 1. The number of aromatic nitrogens is 1. The number of benzene rings is 3. The Kier molecular flexibility index (Phi) is 7.67. The van der Waals surface area contributed by atoms with Crippen LogP contribution in [0.2, 0.25) is 0 Å². The zero-order valence-corrected chi connectivity index (χ0v) is 28.9. The first kappa shape index (κ1) is 31.5. The van der Waals surface area contributed by atoms with Crippen LogP contribution in [-0.4, -0.2) is 43.0 Å². The van der Waals surface area contributed by atoms with E-state index in [1.165, 1.54) is 40.5 Å². The molecule has 48 heavy (non-hydrogen) atoms. The van der Waals surface area contributed by atoms with Crippen molar-refractivity contribution in [1.29, 1.82) is 0 Å². The van der Waals surface area contributed by atoms with Crippen molar-refractivity contribution in [3.8, 4) is 5.75 Å². The van der Waals surface area contributed by atoms with Crippen molar-refractivity contribution < 1.29 is 27.5 Å². The molecule has 15 heteroatoms. The highest BCUT2D eigenvalue weighted by molar-refractivity contribution is 9.10. The molecule has 2 bridgehead atoms. The Morgan fingerprint density at radius 2 is 1.71 bits per heavy atom. The van der Waals surface area contributed by atoms with Crippen LogP contribution in [0.1, 0.15) is 22.8 Å². The van der Waals surface area contributed by atoms with Crippen molar-refractivity contribution in [2.24, 2.45) is 34.7 Å². The number of imide groups is 1. The molecule has 0 unspecified atom stereocenters. The number of amides is 3. The number of carbonyl (C=O) groups is 3. The van der Waals surface area contributed by atoms with Gasteiger partial charge in [0.2, 0.25) is 21.8 Å². The fraction of sp³-hybridized carbons (Fsp3) is 0.273. The van der Waals surface area contributed by atoms with Gasteiger partial charge in [-0.15, -0.1) is 11.8 Å². The maximum absolute atomic E-state index is 14.0. The number of fused-ring (bicyclic) bond motifs is 9. The smallest absolute Gasteiger partial charge is 0.305 e. The third-order valence-corrected chi connectivity index (χ3v) is 13.9. The summed E-state index contributed by atoms with van der Waals surface area (Å²) >= 11 is 6.22. The molecule has 2 aliphatic carbocycles. The molecule has 1 saturated heterocycles. The van der Waals surface area contributed by atoms with Crippen LogP contribution in [-0.2, 0) is 24.4 Å². The standard InChI is InChI=1S/C33H27BrN4O7S3/c34-16-4-8-18(9-5-16)38-31(40)26-21-13-22(27(26)32(38)41)28-25(21)24(29-30(46-28)37-33(42)47-29)15-2-1-3-19(12-15)45-14-23(39)36-17-6-10-20(11-7-17)48(35,43)44/h1-12,21-22,24-28H,13-14H2,(H,36,39)(H,37,42)(H2,35,43,44)/t21-,22-,24+,25-,26+,27+,28-/m1/s1. The Hall–Kier alpha value is -3.76. The van der Waals surface area contributed by atoms with Crippen LogP contribution in [0.4, 0.5) is 11.4 Å². The lowest BCUT2D eigenvalue weighted by molar-refractivity contribution is -0.123. The third-order valence-electron chi connectivity index (χ3n) is 9.86. The van der Waals surface area contributed by atoms with Gasteiger partial charge in [-0.3, -0.25) is 24.1 Å². The minimum atomic E-state index is -3.85. The number of ether oxygens (including phenoxy) is 1. The van der Waals surface area contributed by atoms with E-state index in [1.54, 1.807) is 30.0 Å².